The second kappa shape index (κ2) is 7.80. The van der Waals surface area contributed by atoms with Crippen LogP contribution in [0, 0.1) is 0 Å². The first kappa shape index (κ1) is 17.2. The van der Waals surface area contributed by atoms with Crippen molar-refractivity contribution in [3.05, 3.63) is 43.0 Å². The molecule has 0 aliphatic carbocycles. The van der Waals surface area contributed by atoms with Gasteiger partial charge >= 0.3 is 88.4 Å². The molecule has 0 fully saturated rings. The second-order valence-electron chi connectivity index (χ2n) is 4.06. The van der Waals surface area contributed by atoms with E-state index in [0.29, 0.717) is 5.69 Å². The molecule has 9 heteroatoms. The van der Waals surface area contributed by atoms with Gasteiger partial charge < -0.3 is 4.57 Å². The Morgan fingerprint density at radius 3 is 2.62 bits per heavy atom. The molecule has 1 amide bonds. The summed E-state index contributed by atoms with van der Waals surface area (Å²) in [4.78, 5) is 14.5. The Morgan fingerprint density at radius 1 is 1.48 bits per heavy atom. The number of amides is 1. The molecule has 3 N–H and O–H groups in total. The fourth-order valence-corrected chi connectivity index (χ4v) is 2.74. The van der Waals surface area contributed by atoms with Crippen LogP contribution >= 0.6 is 0 Å². The van der Waals surface area contributed by atoms with Gasteiger partial charge in [0.15, 0.2) is 0 Å². The smallest absolute Gasteiger partial charge is 0.0943 e. The number of benzene rings is 1. The van der Waals surface area contributed by atoms with Crippen molar-refractivity contribution in [2.24, 2.45) is 7.05 Å². The molecule has 0 aliphatic heterocycles. The summed E-state index contributed by atoms with van der Waals surface area (Å²) in [7, 11) is 1.94. The summed E-state index contributed by atoms with van der Waals surface area (Å²) in [5.41, 5.74) is 0.368. The van der Waals surface area contributed by atoms with E-state index in [2.05, 4.69) is 14.2 Å². The predicted octanol–water partition coefficient (Wildman–Crippen LogP) is 0.123. The van der Waals surface area contributed by atoms with Gasteiger partial charge in [0, 0.05) is 19.4 Å². The quantitative estimate of drug-likeness (QED) is 0.409. The summed E-state index contributed by atoms with van der Waals surface area (Å²) in [6, 6.07) is 5.64. The van der Waals surface area contributed by atoms with Crippen LogP contribution in [0.2, 0.25) is 0 Å². The molecule has 2 rings (SSSR count). The average molecular weight is 357 g/mol. The number of anilines is 1. The third kappa shape index (κ3) is 5.97. The summed E-state index contributed by atoms with van der Waals surface area (Å²) in [6.45, 7) is 1.32. The normalized spacial score (nSPS) is 12.8. The van der Waals surface area contributed by atoms with Crippen molar-refractivity contribution < 1.29 is 21.8 Å². The molecule has 1 unspecified atom stereocenters. The molecule has 0 saturated carbocycles. The standard InChI is InChI=1S/C8H10AsNO5.C4H6N2/c1-6(11)10-8-4-2-3-7(5-8)9(12,13)15-14;1-6-3-2-5-4-6/h2-5,14H,1H3,(H,10,11)(H,12,13);2-4H,1H3. The largest absolute Gasteiger partial charge is 0.341 e. The molecule has 0 saturated heterocycles. The molecule has 114 valence electrons. The van der Waals surface area contributed by atoms with Gasteiger partial charge in [-0.1, -0.05) is 0 Å². The fraction of sp³-hybridized carbons (Fsp3) is 0.167. The molecule has 2 aromatic rings. The Morgan fingerprint density at radius 2 is 2.19 bits per heavy atom. The zero-order chi connectivity index (χ0) is 15.9. The third-order valence-corrected chi connectivity index (χ3v) is 4.66. The van der Waals surface area contributed by atoms with Crippen molar-refractivity contribution in [1.82, 2.24) is 9.55 Å². The van der Waals surface area contributed by atoms with Crippen LogP contribution in [0.1, 0.15) is 6.92 Å². The first-order valence-corrected chi connectivity index (χ1v) is 9.12. The number of hydrogen-bond donors (Lipinski definition) is 3. The van der Waals surface area contributed by atoms with Crippen molar-refractivity contribution >= 4 is 30.1 Å². The van der Waals surface area contributed by atoms with E-state index in [0.717, 1.165) is 0 Å². The molecule has 0 spiro atoms. The second-order valence-corrected chi connectivity index (χ2v) is 7.67. The van der Waals surface area contributed by atoms with Crippen molar-refractivity contribution in [1.29, 1.82) is 0 Å². The third-order valence-electron chi connectivity index (χ3n) is 2.24. The van der Waals surface area contributed by atoms with Crippen LogP contribution in [0.25, 0.3) is 0 Å². The van der Waals surface area contributed by atoms with E-state index in [1.54, 1.807) is 18.6 Å². The van der Waals surface area contributed by atoms with Crippen molar-refractivity contribution in [2.75, 3.05) is 5.32 Å². The maximum absolute atomic E-state index is 11.3. The maximum Gasteiger partial charge on any atom is 0.0943 e. The monoisotopic (exact) mass is 357 g/mol. The number of imidazole rings is 1. The van der Waals surface area contributed by atoms with Gasteiger partial charge in [0.2, 0.25) is 0 Å². The van der Waals surface area contributed by atoms with Crippen LogP contribution in [0.4, 0.5) is 5.69 Å². The van der Waals surface area contributed by atoms with E-state index < -0.39 is 14.2 Å². The minimum Gasteiger partial charge on any atom is -0.341 e. The van der Waals surface area contributed by atoms with E-state index in [1.807, 2.05) is 17.8 Å². The Hall–Kier alpha value is -1.86. The predicted molar refractivity (Wildman–Crippen MR) is 76.0 cm³/mol. The molecular formula is C12H16AsN3O5. The zero-order valence-corrected chi connectivity index (χ0v) is 13.4. The summed E-state index contributed by atoms with van der Waals surface area (Å²) >= 11 is -4.83. The Kier molecular flexibility index (Phi) is 6.38. The molecule has 0 radical (unpaired) electrons. The van der Waals surface area contributed by atoms with Crippen LogP contribution in [-0.2, 0) is 19.5 Å². The van der Waals surface area contributed by atoms with Gasteiger partial charge in [-0.25, -0.2) is 4.98 Å². The van der Waals surface area contributed by atoms with E-state index in [1.165, 1.54) is 25.1 Å². The van der Waals surface area contributed by atoms with Crippen molar-refractivity contribution in [3.8, 4) is 0 Å². The van der Waals surface area contributed by atoms with Crippen LogP contribution in [0.5, 0.6) is 0 Å². The van der Waals surface area contributed by atoms with E-state index >= 15 is 0 Å². The van der Waals surface area contributed by atoms with Gasteiger partial charge in [-0.2, -0.15) is 0 Å². The van der Waals surface area contributed by atoms with Gasteiger partial charge in [-0.3, -0.25) is 0 Å². The van der Waals surface area contributed by atoms with Gasteiger partial charge in [0.05, 0.1) is 6.33 Å². The number of carbonyl (C=O) groups excluding carboxylic acids is 1. The summed E-state index contributed by atoms with van der Waals surface area (Å²) in [5, 5.41) is 10.7. The molecule has 1 aromatic heterocycles. The number of nitrogens with one attached hydrogen (secondary N) is 1. The van der Waals surface area contributed by atoms with Crippen LogP contribution in [0.3, 0.4) is 0 Å². The van der Waals surface area contributed by atoms with Crippen molar-refractivity contribution in [3.63, 3.8) is 0 Å². The van der Waals surface area contributed by atoms with Gasteiger partial charge in [0.1, 0.15) is 0 Å². The number of hydrogen-bond acceptors (Lipinski definition) is 5. The number of aryl methyl sites for hydroxylation is 1. The first-order valence-electron chi connectivity index (χ1n) is 5.81. The molecule has 21 heavy (non-hydrogen) atoms. The molecule has 1 heterocycles. The number of carbonyl (C=O) groups is 1. The number of nitrogens with zero attached hydrogens (tertiary/aromatic N) is 2. The van der Waals surface area contributed by atoms with Gasteiger partial charge in [0.25, 0.3) is 0 Å². The van der Waals surface area contributed by atoms with Gasteiger partial charge in [-0.15, -0.1) is 0 Å². The summed E-state index contributed by atoms with van der Waals surface area (Å²) < 4.78 is 25.8. The number of rotatable bonds is 3. The van der Waals surface area contributed by atoms with Crippen LogP contribution in [-0.4, -0.2) is 39.0 Å². The SMILES string of the molecule is CC(=O)Nc1cccc([As](=O)(O)OO)c1.Cn1ccnc1. The fourth-order valence-electron chi connectivity index (χ4n) is 1.34. The Labute approximate surface area is 124 Å². The maximum atomic E-state index is 11.3. The van der Waals surface area contributed by atoms with Gasteiger partial charge in [-0.05, 0) is 0 Å². The topological polar surface area (TPSA) is 114 Å². The van der Waals surface area contributed by atoms with E-state index in [4.69, 9.17) is 5.26 Å². The summed E-state index contributed by atoms with van der Waals surface area (Å²) in [6.07, 6.45) is 5.39. The number of aromatic nitrogens is 2. The minimum absolute atomic E-state index is 0.0399. The Bertz CT molecular complexity index is 630. The Balaban J connectivity index is 0.000000304. The molecule has 0 aliphatic rings. The average Bonchev–Trinajstić information content (AvgIpc) is 2.90. The van der Waals surface area contributed by atoms with E-state index in [-0.39, 0.29) is 10.3 Å². The zero-order valence-electron chi connectivity index (χ0n) is 11.5. The molecule has 1 atom stereocenters. The first-order chi connectivity index (χ1) is 9.85. The molecular weight excluding hydrogens is 341 g/mol. The molecule has 8 nitrogen and oxygen atoms in total. The molecule has 1 aromatic carbocycles. The summed E-state index contributed by atoms with van der Waals surface area (Å²) in [5.74, 6) is -0.294. The van der Waals surface area contributed by atoms with E-state index in [9.17, 15) is 12.6 Å². The molecule has 0 bridgehead atoms. The van der Waals surface area contributed by atoms with Crippen LogP contribution in [0.15, 0.2) is 43.0 Å². The van der Waals surface area contributed by atoms with Crippen LogP contribution < -0.4 is 9.67 Å². The van der Waals surface area contributed by atoms with Crippen molar-refractivity contribution in [2.45, 2.75) is 6.92 Å². The minimum atomic E-state index is -4.83.